The van der Waals surface area contributed by atoms with Gasteiger partial charge in [0.2, 0.25) is 10.0 Å². The molecule has 1 aliphatic heterocycles. The quantitative estimate of drug-likeness (QED) is 0.793. The van der Waals surface area contributed by atoms with E-state index in [1.807, 2.05) is 6.92 Å². The molecule has 0 aromatic carbocycles. The van der Waals surface area contributed by atoms with Crippen molar-refractivity contribution < 1.29 is 8.42 Å². The van der Waals surface area contributed by atoms with Crippen molar-refractivity contribution in [1.82, 2.24) is 14.6 Å². The lowest BCUT2D eigenvalue weighted by Crippen LogP contribution is -2.40. The van der Waals surface area contributed by atoms with Crippen molar-refractivity contribution in [2.75, 3.05) is 31.5 Å². The molecule has 2 rings (SSSR count). The molecule has 2 heterocycles. The summed E-state index contributed by atoms with van der Waals surface area (Å²) in [6.07, 6.45) is 3.77. The number of pyridine rings is 1. The van der Waals surface area contributed by atoms with Gasteiger partial charge in [-0.25, -0.2) is 18.1 Å². The van der Waals surface area contributed by atoms with E-state index >= 15 is 0 Å². The number of rotatable bonds is 7. The fourth-order valence-corrected chi connectivity index (χ4v) is 3.94. The van der Waals surface area contributed by atoms with Gasteiger partial charge in [0.1, 0.15) is 10.7 Å². The maximum absolute atomic E-state index is 12.5. The summed E-state index contributed by atoms with van der Waals surface area (Å²) in [5, 5.41) is 2.99. The van der Waals surface area contributed by atoms with Crippen LogP contribution in [0.4, 0.5) is 5.82 Å². The monoisotopic (exact) mass is 312 g/mol. The average molecular weight is 312 g/mol. The van der Waals surface area contributed by atoms with Gasteiger partial charge in [0, 0.05) is 25.3 Å². The Balaban J connectivity index is 2.08. The van der Waals surface area contributed by atoms with E-state index in [9.17, 15) is 8.42 Å². The minimum atomic E-state index is -3.53. The second-order valence-electron chi connectivity index (χ2n) is 5.16. The van der Waals surface area contributed by atoms with E-state index in [1.165, 1.54) is 0 Å². The molecule has 1 unspecified atom stereocenters. The molecule has 1 aliphatic rings. The largest absolute Gasteiger partial charge is 0.369 e. The van der Waals surface area contributed by atoms with Gasteiger partial charge in [-0.05, 0) is 45.0 Å². The predicted octanol–water partition coefficient (Wildman–Crippen LogP) is 1.28. The van der Waals surface area contributed by atoms with E-state index in [4.69, 9.17) is 0 Å². The van der Waals surface area contributed by atoms with Gasteiger partial charge in [-0.3, -0.25) is 4.90 Å². The third kappa shape index (κ3) is 3.93. The van der Waals surface area contributed by atoms with Crippen LogP contribution in [0.3, 0.4) is 0 Å². The lowest BCUT2D eigenvalue weighted by Gasteiger charge is -2.23. The highest BCUT2D eigenvalue weighted by Gasteiger charge is 2.26. The van der Waals surface area contributed by atoms with Crippen LogP contribution in [0.15, 0.2) is 23.2 Å². The Labute approximate surface area is 127 Å². The number of aromatic nitrogens is 1. The van der Waals surface area contributed by atoms with Gasteiger partial charge in [0.15, 0.2) is 0 Å². The van der Waals surface area contributed by atoms with Gasteiger partial charge in [0.05, 0.1) is 0 Å². The molecule has 1 aromatic rings. The second-order valence-corrected chi connectivity index (χ2v) is 6.89. The second kappa shape index (κ2) is 7.20. The smallest absolute Gasteiger partial charge is 0.244 e. The van der Waals surface area contributed by atoms with E-state index in [0.29, 0.717) is 24.9 Å². The van der Waals surface area contributed by atoms with Gasteiger partial charge in [0.25, 0.3) is 0 Å². The number of sulfonamides is 1. The van der Waals surface area contributed by atoms with Crippen LogP contribution in [0.5, 0.6) is 0 Å². The average Bonchev–Trinajstić information content (AvgIpc) is 2.93. The maximum atomic E-state index is 12.5. The third-order valence-corrected chi connectivity index (χ3v) is 5.27. The van der Waals surface area contributed by atoms with Crippen molar-refractivity contribution in [2.45, 2.75) is 37.6 Å². The number of anilines is 1. The predicted molar refractivity (Wildman–Crippen MR) is 83.9 cm³/mol. The molecule has 2 N–H and O–H groups in total. The first-order valence-corrected chi connectivity index (χ1v) is 8.99. The summed E-state index contributed by atoms with van der Waals surface area (Å²) in [7, 11) is -3.53. The van der Waals surface area contributed by atoms with Crippen LogP contribution in [-0.2, 0) is 10.0 Å². The van der Waals surface area contributed by atoms with Crippen LogP contribution in [-0.4, -0.2) is 50.5 Å². The van der Waals surface area contributed by atoms with Gasteiger partial charge in [-0.1, -0.05) is 6.92 Å². The Morgan fingerprint density at radius 1 is 1.43 bits per heavy atom. The molecule has 0 radical (unpaired) electrons. The molecule has 0 bridgehead atoms. The lowest BCUT2D eigenvalue weighted by atomic mass is 10.2. The van der Waals surface area contributed by atoms with Crippen molar-refractivity contribution in [3.05, 3.63) is 18.3 Å². The zero-order valence-corrected chi connectivity index (χ0v) is 13.5. The van der Waals surface area contributed by atoms with Crippen LogP contribution in [0, 0.1) is 0 Å². The normalized spacial score (nSPS) is 19.8. The summed E-state index contributed by atoms with van der Waals surface area (Å²) in [6.45, 7) is 7.12. The third-order valence-electron chi connectivity index (χ3n) is 3.82. The highest BCUT2D eigenvalue weighted by Crippen LogP contribution is 2.19. The van der Waals surface area contributed by atoms with Gasteiger partial charge < -0.3 is 5.32 Å². The summed E-state index contributed by atoms with van der Waals surface area (Å²) in [5.74, 6) is 0.409. The van der Waals surface area contributed by atoms with Crippen molar-refractivity contribution in [2.24, 2.45) is 0 Å². The molecule has 1 fully saturated rings. The molecule has 0 saturated carbocycles. The highest BCUT2D eigenvalue weighted by molar-refractivity contribution is 7.89. The fourth-order valence-electron chi connectivity index (χ4n) is 2.73. The number of likely N-dealkylation sites (N-methyl/N-ethyl adjacent to an activating group) is 1. The zero-order chi connectivity index (χ0) is 15.3. The van der Waals surface area contributed by atoms with E-state index in [2.05, 4.69) is 26.8 Å². The molecule has 1 aromatic heterocycles. The Kier molecular flexibility index (Phi) is 5.55. The molecular weight excluding hydrogens is 288 g/mol. The lowest BCUT2D eigenvalue weighted by molar-refractivity contribution is 0.268. The van der Waals surface area contributed by atoms with Gasteiger partial charge in [-0.2, -0.15) is 0 Å². The Morgan fingerprint density at radius 2 is 2.24 bits per heavy atom. The molecule has 6 nitrogen and oxygen atoms in total. The molecular formula is C14H24N4O2S. The first kappa shape index (κ1) is 16.2. The molecule has 0 aliphatic carbocycles. The van der Waals surface area contributed by atoms with Crippen LogP contribution in [0.25, 0.3) is 0 Å². The van der Waals surface area contributed by atoms with Crippen LogP contribution in [0.1, 0.15) is 26.7 Å². The van der Waals surface area contributed by atoms with Crippen molar-refractivity contribution in [1.29, 1.82) is 0 Å². The van der Waals surface area contributed by atoms with Crippen molar-refractivity contribution >= 4 is 15.8 Å². The summed E-state index contributed by atoms with van der Waals surface area (Å²) >= 11 is 0. The Bertz CT molecular complexity index is 562. The topological polar surface area (TPSA) is 74.3 Å². The standard InChI is InChI=1S/C14H24N4O2S/c1-3-15-14-13(8-5-9-16-14)21(19,20)17-11-12-7-6-10-18(12)4-2/h5,8-9,12,17H,3-4,6-7,10-11H2,1-2H3,(H,15,16). The molecule has 1 saturated heterocycles. The molecule has 0 amide bonds. The number of hydrogen-bond acceptors (Lipinski definition) is 5. The molecule has 1 atom stereocenters. The summed E-state index contributed by atoms with van der Waals surface area (Å²) in [5.41, 5.74) is 0. The van der Waals surface area contributed by atoms with Crippen LogP contribution < -0.4 is 10.0 Å². The first-order valence-electron chi connectivity index (χ1n) is 7.51. The van der Waals surface area contributed by atoms with E-state index in [0.717, 1.165) is 25.9 Å². The van der Waals surface area contributed by atoms with Gasteiger partial charge >= 0.3 is 0 Å². The maximum Gasteiger partial charge on any atom is 0.244 e. The number of likely N-dealkylation sites (tertiary alicyclic amines) is 1. The van der Waals surface area contributed by atoms with Crippen molar-refractivity contribution in [3.8, 4) is 0 Å². The molecule has 0 spiro atoms. The van der Waals surface area contributed by atoms with Crippen molar-refractivity contribution in [3.63, 3.8) is 0 Å². The van der Waals surface area contributed by atoms with Crippen LogP contribution >= 0.6 is 0 Å². The molecule has 7 heteroatoms. The SMILES string of the molecule is CCNc1ncccc1S(=O)(=O)NCC1CCCN1CC. The highest BCUT2D eigenvalue weighted by atomic mass is 32.2. The van der Waals surface area contributed by atoms with Gasteiger partial charge in [-0.15, -0.1) is 0 Å². The zero-order valence-electron chi connectivity index (χ0n) is 12.7. The Hall–Kier alpha value is -1.18. The van der Waals surface area contributed by atoms with Crippen LogP contribution in [0.2, 0.25) is 0 Å². The number of nitrogens with one attached hydrogen (secondary N) is 2. The summed E-state index contributed by atoms with van der Waals surface area (Å²) < 4.78 is 27.7. The van der Waals surface area contributed by atoms with E-state index in [-0.39, 0.29) is 4.90 Å². The minimum Gasteiger partial charge on any atom is -0.369 e. The minimum absolute atomic E-state index is 0.216. The van der Waals surface area contributed by atoms with E-state index < -0.39 is 10.0 Å². The van der Waals surface area contributed by atoms with E-state index in [1.54, 1.807) is 18.3 Å². The Morgan fingerprint density at radius 3 is 2.95 bits per heavy atom. The molecule has 118 valence electrons. The number of hydrogen-bond donors (Lipinski definition) is 2. The summed E-state index contributed by atoms with van der Waals surface area (Å²) in [6, 6.07) is 3.52. The number of nitrogens with zero attached hydrogens (tertiary/aromatic N) is 2. The fraction of sp³-hybridized carbons (Fsp3) is 0.643. The summed E-state index contributed by atoms with van der Waals surface area (Å²) in [4.78, 5) is 6.64. The first-order chi connectivity index (χ1) is 10.1. The molecule has 21 heavy (non-hydrogen) atoms.